The van der Waals surface area contributed by atoms with Gasteiger partial charge in [-0.3, -0.25) is 0 Å². The summed E-state index contributed by atoms with van der Waals surface area (Å²) in [6, 6.07) is 18.6. The quantitative estimate of drug-likeness (QED) is 0.581. The minimum atomic E-state index is 0.735. The molecule has 0 spiro atoms. The second-order valence-corrected chi connectivity index (χ2v) is 5.84. The maximum Gasteiger partial charge on any atom is 0.161 e. The Labute approximate surface area is 140 Å². The van der Waals surface area contributed by atoms with Crippen LogP contribution in [0, 0.1) is 6.92 Å². The lowest BCUT2D eigenvalue weighted by molar-refractivity contribution is 1.06. The molecule has 2 aromatic heterocycles. The molecule has 0 saturated heterocycles. The number of nitrogens with zero attached hydrogens (tertiary/aromatic N) is 2. The number of anilines is 1. The molecular formula is C20H18N4. The van der Waals surface area contributed by atoms with Gasteiger partial charge >= 0.3 is 0 Å². The van der Waals surface area contributed by atoms with Gasteiger partial charge in [-0.25, -0.2) is 9.97 Å². The van der Waals surface area contributed by atoms with Gasteiger partial charge in [0, 0.05) is 41.0 Å². The number of aryl methyl sites for hydroxylation is 1. The summed E-state index contributed by atoms with van der Waals surface area (Å²) in [5, 5.41) is 4.58. The van der Waals surface area contributed by atoms with Gasteiger partial charge in [0.1, 0.15) is 5.82 Å². The molecule has 0 bridgehead atoms. The highest BCUT2D eigenvalue weighted by molar-refractivity contribution is 5.84. The second kappa shape index (κ2) is 6.16. The molecule has 2 N–H and O–H groups in total. The number of rotatable bonds is 4. The van der Waals surface area contributed by atoms with Crippen LogP contribution in [0.4, 0.5) is 5.82 Å². The molecule has 118 valence electrons. The first kappa shape index (κ1) is 14.5. The van der Waals surface area contributed by atoms with Gasteiger partial charge in [0.2, 0.25) is 0 Å². The number of hydrogen-bond acceptors (Lipinski definition) is 3. The zero-order valence-corrected chi connectivity index (χ0v) is 13.5. The van der Waals surface area contributed by atoms with Crippen LogP contribution in [0.5, 0.6) is 0 Å². The van der Waals surface area contributed by atoms with Crippen LogP contribution in [0.25, 0.3) is 22.3 Å². The molecule has 24 heavy (non-hydrogen) atoms. The van der Waals surface area contributed by atoms with Crippen LogP contribution in [-0.2, 0) is 6.54 Å². The number of fused-ring (bicyclic) bond motifs is 1. The van der Waals surface area contributed by atoms with E-state index in [-0.39, 0.29) is 0 Å². The molecule has 4 rings (SSSR count). The summed E-state index contributed by atoms with van der Waals surface area (Å²) in [6.07, 6.45) is 3.81. The van der Waals surface area contributed by atoms with Crippen LogP contribution >= 0.6 is 0 Å². The maximum absolute atomic E-state index is 4.72. The maximum atomic E-state index is 4.72. The number of benzene rings is 2. The monoisotopic (exact) mass is 314 g/mol. The van der Waals surface area contributed by atoms with E-state index in [2.05, 4.69) is 45.6 Å². The van der Waals surface area contributed by atoms with E-state index in [0.717, 1.165) is 40.2 Å². The standard InChI is InChI=1S/C20H18N4/c1-14-12-22-20(17-7-8-18-16(11-17)9-10-21-18)24-19(14)23-13-15-5-3-2-4-6-15/h2-12,21H,13H2,1H3,(H,22,23,24). The van der Waals surface area contributed by atoms with Crippen molar-refractivity contribution in [1.82, 2.24) is 15.0 Å². The predicted octanol–water partition coefficient (Wildman–Crippen LogP) is 4.55. The molecule has 0 aliphatic rings. The van der Waals surface area contributed by atoms with Gasteiger partial charge in [0.05, 0.1) is 0 Å². The minimum Gasteiger partial charge on any atom is -0.366 e. The van der Waals surface area contributed by atoms with Gasteiger partial charge in [-0.05, 0) is 36.8 Å². The van der Waals surface area contributed by atoms with E-state index in [1.54, 1.807) is 0 Å². The topological polar surface area (TPSA) is 53.6 Å². The number of hydrogen-bond donors (Lipinski definition) is 2. The molecule has 0 atom stereocenters. The summed E-state index contributed by atoms with van der Waals surface area (Å²) in [6.45, 7) is 2.77. The molecule has 0 aliphatic heterocycles. The Morgan fingerprint density at radius 2 is 1.92 bits per heavy atom. The van der Waals surface area contributed by atoms with Crippen LogP contribution in [0.3, 0.4) is 0 Å². The summed E-state index contributed by atoms with van der Waals surface area (Å²) in [5.74, 6) is 1.61. The largest absolute Gasteiger partial charge is 0.366 e. The molecule has 0 saturated carbocycles. The van der Waals surface area contributed by atoms with Crippen LogP contribution in [0.2, 0.25) is 0 Å². The third kappa shape index (κ3) is 2.86. The third-order valence-corrected chi connectivity index (χ3v) is 4.09. The van der Waals surface area contributed by atoms with Crippen LogP contribution in [-0.4, -0.2) is 15.0 Å². The molecule has 0 amide bonds. The summed E-state index contributed by atoms with van der Waals surface area (Å²) in [7, 11) is 0. The van der Waals surface area contributed by atoms with Crippen molar-refractivity contribution < 1.29 is 0 Å². The fourth-order valence-corrected chi connectivity index (χ4v) is 2.73. The highest BCUT2D eigenvalue weighted by atomic mass is 15.0. The molecule has 0 fully saturated rings. The van der Waals surface area contributed by atoms with Gasteiger partial charge < -0.3 is 10.3 Å². The highest BCUT2D eigenvalue weighted by Gasteiger charge is 2.07. The molecule has 4 nitrogen and oxygen atoms in total. The first-order chi connectivity index (χ1) is 11.8. The van der Waals surface area contributed by atoms with Crippen molar-refractivity contribution in [2.75, 3.05) is 5.32 Å². The number of H-pyrrole nitrogens is 1. The lowest BCUT2D eigenvalue weighted by atomic mass is 10.1. The Hall–Kier alpha value is -3.14. The summed E-state index contributed by atoms with van der Waals surface area (Å²) < 4.78 is 0. The molecule has 0 unspecified atom stereocenters. The van der Waals surface area contributed by atoms with E-state index in [1.807, 2.05) is 43.6 Å². The van der Waals surface area contributed by atoms with Gasteiger partial charge in [0.15, 0.2) is 5.82 Å². The van der Waals surface area contributed by atoms with Crippen molar-refractivity contribution in [1.29, 1.82) is 0 Å². The Balaban J connectivity index is 1.62. The molecule has 0 aliphatic carbocycles. The van der Waals surface area contributed by atoms with Crippen LogP contribution < -0.4 is 5.32 Å². The first-order valence-electron chi connectivity index (χ1n) is 7.98. The van der Waals surface area contributed by atoms with E-state index in [9.17, 15) is 0 Å². The first-order valence-corrected chi connectivity index (χ1v) is 7.98. The Bertz CT molecular complexity index is 973. The van der Waals surface area contributed by atoms with E-state index < -0.39 is 0 Å². The lowest BCUT2D eigenvalue weighted by Crippen LogP contribution is -2.05. The van der Waals surface area contributed by atoms with E-state index in [4.69, 9.17) is 4.98 Å². The fraction of sp³-hybridized carbons (Fsp3) is 0.100. The molecular weight excluding hydrogens is 296 g/mol. The lowest BCUT2D eigenvalue weighted by Gasteiger charge is -2.10. The summed E-state index contributed by atoms with van der Waals surface area (Å²) in [4.78, 5) is 12.4. The summed E-state index contributed by atoms with van der Waals surface area (Å²) >= 11 is 0. The fourth-order valence-electron chi connectivity index (χ4n) is 2.73. The predicted molar refractivity (Wildman–Crippen MR) is 97.8 cm³/mol. The molecule has 2 aromatic carbocycles. The minimum absolute atomic E-state index is 0.735. The SMILES string of the molecule is Cc1cnc(-c2ccc3[nH]ccc3c2)nc1NCc1ccccc1. The number of aromatic nitrogens is 3. The van der Waals surface area contributed by atoms with Gasteiger partial charge in [-0.2, -0.15) is 0 Å². The molecule has 4 aromatic rings. The Morgan fingerprint density at radius 3 is 2.79 bits per heavy atom. The van der Waals surface area contributed by atoms with Gasteiger partial charge in [0.25, 0.3) is 0 Å². The van der Waals surface area contributed by atoms with E-state index in [0.29, 0.717) is 0 Å². The molecule has 4 heteroatoms. The third-order valence-electron chi connectivity index (χ3n) is 4.09. The van der Waals surface area contributed by atoms with Crippen molar-refractivity contribution >= 4 is 16.7 Å². The van der Waals surface area contributed by atoms with E-state index >= 15 is 0 Å². The smallest absolute Gasteiger partial charge is 0.161 e. The van der Waals surface area contributed by atoms with E-state index in [1.165, 1.54) is 5.56 Å². The Kier molecular flexibility index (Phi) is 3.71. The molecule has 2 heterocycles. The van der Waals surface area contributed by atoms with Crippen LogP contribution in [0.1, 0.15) is 11.1 Å². The molecule has 0 radical (unpaired) electrons. The zero-order valence-electron chi connectivity index (χ0n) is 13.5. The van der Waals surface area contributed by atoms with Gasteiger partial charge in [-0.1, -0.05) is 30.3 Å². The summed E-state index contributed by atoms with van der Waals surface area (Å²) in [5.41, 5.74) is 4.40. The second-order valence-electron chi connectivity index (χ2n) is 5.84. The number of nitrogens with one attached hydrogen (secondary N) is 2. The van der Waals surface area contributed by atoms with Crippen molar-refractivity contribution in [3.05, 3.63) is 78.1 Å². The Morgan fingerprint density at radius 1 is 1.04 bits per heavy atom. The van der Waals surface area contributed by atoms with Crippen molar-refractivity contribution in [2.45, 2.75) is 13.5 Å². The zero-order chi connectivity index (χ0) is 16.4. The van der Waals surface area contributed by atoms with Crippen molar-refractivity contribution in [2.24, 2.45) is 0 Å². The normalized spacial score (nSPS) is 10.9. The van der Waals surface area contributed by atoms with Crippen molar-refractivity contribution in [3.63, 3.8) is 0 Å². The highest BCUT2D eigenvalue weighted by Crippen LogP contribution is 2.23. The number of aromatic amines is 1. The van der Waals surface area contributed by atoms with Crippen molar-refractivity contribution in [3.8, 4) is 11.4 Å². The van der Waals surface area contributed by atoms with Crippen LogP contribution in [0.15, 0.2) is 67.0 Å². The average molecular weight is 314 g/mol. The van der Waals surface area contributed by atoms with Gasteiger partial charge in [-0.15, -0.1) is 0 Å². The average Bonchev–Trinajstić information content (AvgIpc) is 3.09.